The zero-order valence-corrected chi connectivity index (χ0v) is 12.1. The van der Waals surface area contributed by atoms with Gasteiger partial charge in [0.2, 0.25) is 0 Å². The van der Waals surface area contributed by atoms with Crippen molar-refractivity contribution < 1.29 is 14.6 Å². The summed E-state index contributed by atoms with van der Waals surface area (Å²) in [5.41, 5.74) is 1.31. The molecule has 110 valence electrons. The van der Waals surface area contributed by atoms with Crippen molar-refractivity contribution in [2.24, 2.45) is 0 Å². The second-order valence-electron chi connectivity index (χ2n) is 5.04. The van der Waals surface area contributed by atoms with Gasteiger partial charge in [0.1, 0.15) is 11.9 Å². The summed E-state index contributed by atoms with van der Waals surface area (Å²) in [6.07, 6.45) is -1.37. The minimum absolute atomic E-state index is 0.0105. The number of para-hydroxylation sites is 1. The van der Waals surface area contributed by atoms with Gasteiger partial charge in [-0.1, -0.05) is 48.5 Å². The van der Waals surface area contributed by atoms with Crippen molar-refractivity contribution in [3.63, 3.8) is 0 Å². The maximum Gasteiger partial charge on any atom is 0.412 e. The van der Waals surface area contributed by atoms with Crippen LogP contribution in [0.2, 0.25) is 0 Å². The van der Waals surface area contributed by atoms with Gasteiger partial charge in [-0.3, -0.25) is 0 Å². The molecule has 0 bridgehead atoms. The molecule has 1 unspecified atom stereocenters. The third kappa shape index (κ3) is 4.07. The largest absolute Gasteiger partial charge is 0.412 e. The van der Waals surface area contributed by atoms with Gasteiger partial charge in [0.25, 0.3) is 0 Å². The molecule has 2 rings (SSSR count). The lowest BCUT2D eigenvalue weighted by atomic mass is 10.0. The van der Waals surface area contributed by atoms with Gasteiger partial charge in [0, 0.05) is 11.6 Å². The first-order chi connectivity index (χ1) is 10.1. The number of amides is 1. The van der Waals surface area contributed by atoms with E-state index in [0.29, 0.717) is 11.3 Å². The van der Waals surface area contributed by atoms with E-state index in [4.69, 9.17) is 4.74 Å². The van der Waals surface area contributed by atoms with Crippen molar-refractivity contribution in [2.45, 2.75) is 26.0 Å². The summed E-state index contributed by atoms with van der Waals surface area (Å²) in [5, 5.41) is 13.1. The van der Waals surface area contributed by atoms with Gasteiger partial charge < -0.3 is 15.2 Å². The van der Waals surface area contributed by atoms with E-state index >= 15 is 0 Å². The van der Waals surface area contributed by atoms with E-state index < -0.39 is 12.2 Å². The molecule has 0 saturated carbocycles. The van der Waals surface area contributed by atoms with Crippen molar-refractivity contribution in [2.75, 3.05) is 0 Å². The Morgan fingerprint density at radius 3 is 2.33 bits per heavy atom. The van der Waals surface area contributed by atoms with Crippen LogP contribution in [0, 0.1) is 0 Å². The standard InChI is InChI=1S/C17H19NO3/c1-12(2)18-17(20)21-15-11-7-6-10-14(15)16(19)13-8-4-3-5-9-13/h3-12,16,19H,1-2H3,(H,18,20). The first-order valence-corrected chi connectivity index (χ1v) is 6.88. The fourth-order valence-corrected chi connectivity index (χ4v) is 1.98. The molecule has 0 saturated heterocycles. The Kier molecular flexibility index (Phi) is 4.95. The molecule has 2 N–H and O–H groups in total. The molecule has 4 heteroatoms. The molecule has 4 nitrogen and oxygen atoms in total. The predicted octanol–water partition coefficient (Wildman–Crippen LogP) is 3.27. The molecule has 0 fully saturated rings. The van der Waals surface area contributed by atoms with Crippen molar-refractivity contribution in [3.8, 4) is 5.75 Å². The minimum atomic E-state index is -0.839. The highest BCUT2D eigenvalue weighted by atomic mass is 16.6. The van der Waals surface area contributed by atoms with Crippen molar-refractivity contribution in [1.82, 2.24) is 5.32 Å². The zero-order chi connectivity index (χ0) is 15.2. The highest BCUT2D eigenvalue weighted by Gasteiger charge is 2.17. The van der Waals surface area contributed by atoms with Gasteiger partial charge in [0.05, 0.1) is 0 Å². The van der Waals surface area contributed by atoms with Crippen LogP contribution in [-0.4, -0.2) is 17.2 Å². The van der Waals surface area contributed by atoms with Gasteiger partial charge >= 0.3 is 6.09 Å². The van der Waals surface area contributed by atoms with Crippen LogP contribution < -0.4 is 10.1 Å². The summed E-state index contributed by atoms with van der Waals surface area (Å²) in [4.78, 5) is 11.7. The number of nitrogens with one attached hydrogen (secondary N) is 1. The summed E-state index contributed by atoms with van der Waals surface area (Å²) in [5.74, 6) is 0.354. The predicted molar refractivity (Wildman–Crippen MR) is 81.2 cm³/mol. The van der Waals surface area contributed by atoms with Gasteiger partial charge in [-0.2, -0.15) is 0 Å². The monoisotopic (exact) mass is 285 g/mol. The van der Waals surface area contributed by atoms with E-state index in [-0.39, 0.29) is 6.04 Å². The second kappa shape index (κ2) is 6.90. The van der Waals surface area contributed by atoms with Crippen LogP contribution in [0.3, 0.4) is 0 Å². The minimum Gasteiger partial charge on any atom is -0.410 e. The van der Waals surface area contributed by atoms with Crippen molar-refractivity contribution in [3.05, 3.63) is 65.7 Å². The van der Waals surface area contributed by atoms with Crippen LogP contribution in [0.5, 0.6) is 5.75 Å². The Hall–Kier alpha value is -2.33. The first kappa shape index (κ1) is 15.1. The maximum absolute atomic E-state index is 11.7. The van der Waals surface area contributed by atoms with Crippen molar-refractivity contribution in [1.29, 1.82) is 0 Å². The lowest BCUT2D eigenvalue weighted by molar-refractivity contribution is 0.191. The normalized spacial score (nSPS) is 12.0. The van der Waals surface area contributed by atoms with E-state index in [1.165, 1.54) is 0 Å². The summed E-state index contributed by atoms with van der Waals surface area (Å²) in [7, 11) is 0. The molecule has 2 aromatic rings. The Morgan fingerprint density at radius 1 is 1.05 bits per heavy atom. The Morgan fingerprint density at radius 2 is 1.67 bits per heavy atom. The van der Waals surface area contributed by atoms with E-state index in [1.54, 1.807) is 24.3 Å². The fourth-order valence-electron chi connectivity index (χ4n) is 1.98. The third-order valence-electron chi connectivity index (χ3n) is 2.94. The van der Waals surface area contributed by atoms with Gasteiger partial charge in [-0.25, -0.2) is 4.79 Å². The molecule has 0 aliphatic rings. The summed E-state index contributed by atoms with van der Waals surface area (Å²) in [6, 6.07) is 16.2. The fraction of sp³-hybridized carbons (Fsp3) is 0.235. The van der Waals surface area contributed by atoms with Crippen LogP contribution in [0.15, 0.2) is 54.6 Å². The van der Waals surface area contributed by atoms with E-state index in [0.717, 1.165) is 5.56 Å². The number of benzene rings is 2. The average Bonchev–Trinajstić information content (AvgIpc) is 2.47. The maximum atomic E-state index is 11.7. The summed E-state index contributed by atoms with van der Waals surface area (Å²) in [6.45, 7) is 3.71. The lowest BCUT2D eigenvalue weighted by Gasteiger charge is -2.16. The molecule has 21 heavy (non-hydrogen) atoms. The number of hydrogen-bond acceptors (Lipinski definition) is 3. The molecular weight excluding hydrogens is 266 g/mol. The molecule has 0 aliphatic heterocycles. The van der Waals surface area contributed by atoms with E-state index in [9.17, 15) is 9.90 Å². The lowest BCUT2D eigenvalue weighted by Crippen LogP contribution is -2.33. The number of carbonyl (C=O) groups excluding carboxylic acids is 1. The second-order valence-corrected chi connectivity index (χ2v) is 5.04. The first-order valence-electron chi connectivity index (χ1n) is 6.88. The van der Waals surface area contributed by atoms with Gasteiger partial charge in [-0.15, -0.1) is 0 Å². The quantitative estimate of drug-likeness (QED) is 0.906. The molecule has 0 aliphatic carbocycles. The Labute approximate surface area is 124 Å². The van der Waals surface area contributed by atoms with Crippen LogP contribution in [-0.2, 0) is 0 Å². The third-order valence-corrected chi connectivity index (χ3v) is 2.94. The molecule has 0 aromatic heterocycles. The molecule has 1 amide bonds. The van der Waals surface area contributed by atoms with Crippen LogP contribution in [0.1, 0.15) is 31.1 Å². The topological polar surface area (TPSA) is 58.6 Å². The number of ether oxygens (including phenoxy) is 1. The molecule has 0 spiro atoms. The van der Waals surface area contributed by atoms with Crippen LogP contribution >= 0.6 is 0 Å². The molecular formula is C17H19NO3. The number of aliphatic hydroxyl groups is 1. The Balaban J connectivity index is 2.23. The Bertz CT molecular complexity index is 596. The summed E-state index contributed by atoms with van der Waals surface area (Å²) < 4.78 is 5.29. The molecule has 1 atom stereocenters. The smallest absolute Gasteiger partial charge is 0.410 e. The number of rotatable bonds is 4. The average molecular weight is 285 g/mol. The highest BCUT2D eigenvalue weighted by Crippen LogP contribution is 2.29. The number of hydrogen-bond donors (Lipinski definition) is 2. The van der Waals surface area contributed by atoms with E-state index in [2.05, 4.69) is 5.32 Å². The van der Waals surface area contributed by atoms with E-state index in [1.807, 2.05) is 44.2 Å². The summed E-state index contributed by atoms with van der Waals surface area (Å²) >= 11 is 0. The number of carbonyl (C=O) groups is 1. The zero-order valence-electron chi connectivity index (χ0n) is 12.1. The molecule has 0 heterocycles. The van der Waals surface area contributed by atoms with Crippen LogP contribution in [0.25, 0.3) is 0 Å². The van der Waals surface area contributed by atoms with Gasteiger partial charge in [-0.05, 0) is 25.5 Å². The molecule has 0 radical (unpaired) electrons. The SMILES string of the molecule is CC(C)NC(=O)Oc1ccccc1C(O)c1ccccc1. The van der Waals surface area contributed by atoms with Crippen molar-refractivity contribution >= 4 is 6.09 Å². The number of aliphatic hydroxyl groups excluding tert-OH is 1. The van der Waals surface area contributed by atoms with Gasteiger partial charge in [0.15, 0.2) is 0 Å². The molecule has 2 aromatic carbocycles. The highest BCUT2D eigenvalue weighted by molar-refractivity contribution is 5.71. The van der Waals surface area contributed by atoms with Crippen LogP contribution in [0.4, 0.5) is 4.79 Å².